The Kier molecular flexibility index (Phi) is 5.62. The highest BCUT2D eigenvalue weighted by atomic mass is 35.5. The number of nitrogens with one attached hydrogen (secondary N) is 2. The minimum absolute atomic E-state index is 0.00816. The molecule has 1 aliphatic heterocycles. The summed E-state index contributed by atoms with van der Waals surface area (Å²) in [6.45, 7) is 3.51. The van der Waals surface area contributed by atoms with Crippen LogP contribution in [0.3, 0.4) is 0 Å². The Balaban J connectivity index is 1.52. The van der Waals surface area contributed by atoms with Gasteiger partial charge in [-0.05, 0) is 25.8 Å². The van der Waals surface area contributed by atoms with Crippen molar-refractivity contribution in [3.05, 3.63) is 28.3 Å². The van der Waals surface area contributed by atoms with Gasteiger partial charge in [0.2, 0.25) is 5.91 Å². The number of carbonyl (C=O) groups is 2. The Morgan fingerprint density at radius 3 is 2.50 bits per heavy atom. The van der Waals surface area contributed by atoms with Crippen molar-refractivity contribution in [3.63, 3.8) is 0 Å². The molecule has 2 fully saturated rings. The Morgan fingerprint density at radius 1 is 1.23 bits per heavy atom. The second-order valence-corrected chi connectivity index (χ2v) is 7.10. The van der Waals surface area contributed by atoms with Crippen LogP contribution in [-0.2, 0) is 4.79 Å². The van der Waals surface area contributed by atoms with Crippen LogP contribution in [0, 0.1) is 18.6 Å². The number of halogens is 3. The summed E-state index contributed by atoms with van der Waals surface area (Å²) < 4.78 is 28.1. The first-order chi connectivity index (χ1) is 12.3. The number of anilines is 1. The molecule has 1 heterocycles. The number of urea groups is 1. The largest absolute Gasteiger partial charge is 0.352 e. The van der Waals surface area contributed by atoms with Crippen molar-refractivity contribution in [2.45, 2.75) is 25.8 Å². The fourth-order valence-corrected chi connectivity index (χ4v) is 2.98. The van der Waals surface area contributed by atoms with Crippen molar-refractivity contribution >= 4 is 29.2 Å². The van der Waals surface area contributed by atoms with Gasteiger partial charge in [-0.2, -0.15) is 0 Å². The van der Waals surface area contributed by atoms with E-state index in [1.807, 2.05) is 4.90 Å². The summed E-state index contributed by atoms with van der Waals surface area (Å²) in [6.07, 6.45) is 2.08. The lowest BCUT2D eigenvalue weighted by atomic mass is 10.2. The summed E-state index contributed by atoms with van der Waals surface area (Å²) in [7, 11) is 0. The van der Waals surface area contributed by atoms with Crippen LogP contribution >= 0.6 is 11.6 Å². The smallest absolute Gasteiger partial charge is 0.322 e. The van der Waals surface area contributed by atoms with Crippen molar-refractivity contribution in [3.8, 4) is 0 Å². The van der Waals surface area contributed by atoms with Gasteiger partial charge in [-0.25, -0.2) is 13.6 Å². The molecule has 1 aliphatic carbocycles. The quantitative estimate of drug-likeness (QED) is 0.835. The standard InChI is InChI=1S/C17H21ClF2N4O2/c1-10-12(18)8-13(19)16(15(10)20)22-17(26)24-6-4-23(5-7-24)9-14(25)21-11-2-3-11/h8,11H,2-7,9H2,1H3,(H,21,25)(H,22,26). The Morgan fingerprint density at radius 2 is 1.88 bits per heavy atom. The number of hydrogen-bond donors (Lipinski definition) is 2. The molecule has 2 aliphatic rings. The number of nitrogens with zero attached hydrogens (tertiary/aromatic N) is 2. The molecule has 1 saturated carbocycles. The minimum atomic E-state index is -0.915. The molecule has 0 atom stereocenters. The van der Waals surface area contributed by atoms with Gasteiger partial charge in [0, 0.05) is 42.8 Å². The van der Waals surface area contributed by atoms with Gasteiger partial charge in [-0.1, -0.05) is 11.6 Å². The van der Waals surface area contributed by atoms with E-state index in [0.29, 0.717) is 38.8 Å². The lowest BCUT2D eigenvalue weighted by molar-refractivity contribution is -0.122. The molecule has 1 aromatic carbocycles. The lowest BCUT2D eigenvalue weighted by Gasteiger charge is -2.34. The van der Waals surface area contributed by atoms with Gasteiger partial charge in [0.1, 0.15) is 5.69 Å². The number of amides is 3. The highest BCUT2D eigenvalue weighted by Gasteiger charge is 2.27. The Labute approximate surface area is 155 Å². The first-order valence-electron chi connectivity index (χ1n) is 8.57. The highest BCUT2D eigenvalue weighted by molar-refractivity contribution is 6.31. The van der Waals surface area contributed by atoms with Crippen LogP contribution in [0.2, 0.25) is 5.02 Å². The van der Waals surface area contributed by atoms with Gasteiger partial charge in [0.15, 0.2) is 11.6 Å². The number of carbonyl (C=O) groups excluding carboxylic acids is 2. The summed E-state index contributed by atoms with van der Waals surface area (Å²) in [5.74, 6) is -1.80. The van der Waals surface area contributed by atoms with E-state index in [4.69, 9.17) is 11.6 Å². The molecule has 0 unspecified atom stereocenters. The van der Waals surface area contributed by atoms with E-state index in [2.05, 4.69) is 10.6 Å². The van der Waals surface area contributed by atoms with E-state index < -0.39 is 23.4 Å². The molecular weight excluding hydrogens is 366 g/mol. The number of rotatable bonds is 4. The Bertz CT molecular complexity index is 719. The Hall–Kier alpha value is -1.93. The van der Waals surface area contributed by atoms with E-state index in [1.165, 1.54) is 11.8 Å². The van der Waals surface area contributed by atoms with Crippen molar-refractivity contribution in [2.75, 3.05) is 38.0 Å². The molecule has 0 spiro atoms. The summed E-state index contributed by atoms with van der Waals surface area (Å²) in [6, 6.07) is 0.722. The molecular formula is C17H21ClF2N4O2. The van der Waals surface area contributed by atoms with Crippen LogP contribution in [-0.4, -0.2) is 60.5 Å². The first kappa shape index (κ1) is 18.8. The topological polar surface area (TPSA) is 64.7 Å². The molecule has 0 bridgehead atoms. The average molecular weight is 387 g/mol. The summed E-state index contributed by atoms with van der Waals surface area (Å²) >= 11 is 5.73. The number of hydrogen-bond acceptors (Lipinski definition) is 3. The molecule has 3 amide bonds. The van der Waals surface area contributed by atoms with Crippen molar-refractivity contribution < 1.29 is 18.4 Å². The van der Waals surface area contributed by atoms with Gasteiger partial charge < -0.3 is 15.5 Å². The van der Waals surface area contributed by atoms with Crippen LogP contribution in [0.5, 0.6) is 0 Å². The second-order valence-electron chi connectivity index (χ2n) is 6.69. The SMILES string of the molecule is Cc1c(Cl)cc(F)c(NC(=O)N2CCN(CC(=O)NC3CC3)CC2)c1F. The maximum absolute atomic E-state index is 14.2. The van der Waals surface area contributed by atoms with Crippen LogP contribution < -0.4 is 10.6 Å². The third kappa shape index (κ3) is 4.42. The van der Waals surface area contributed by atoms with Gasteiger partial charge in [0.05, 0.1) is 6.54 Å². The molecule has 2 N–H and O–H groups in total. The normalized spacial score (nSPS) is 17.9. The van der Waals surface area contributed by atoms with E-state index >= 15 is 0 Å². The molecule has 142 valence electrons. The summed E-state index contributed by atoms with van der Waals surface area (Å²) in [4.78, 5) is 27.5. The van der Waals surface area contributed by atoms with E-state index in [-0.39, 0.29) is 16.5 Å². The van der Waals surface area contributed by atoms with Crippen molar-refractivity contribution in [1.29, 1.82) is 0 Å². The number of benzene rings is 1. The summed E-state index contributed by atoms with van der Waals surface area (Å²) in [5.41, 5.74) is -0.419. The maximum atomic E-state index is 14.2. The molecule has 9 heteroatoms. The molecule has 3 rings (SSSR count). The first-order valence-corrected chi connectivity index (χ1v) is 8.94. The maximum Gasteiger partial charge on any atom is 0.322 e. The minimum Gasteiger partial charge on any atom is -0.352 e. The number of piperazine rings is 1. The van der Waals surface area contributed by atoms with Crippen LogP contribution in [0.4, 0.5) is 19.3 Å². The molecule has 0 radical (unpaired) electrons. The fraction of sp³-hybridized carbons (Fsp3) is 0.529. The monoisotopic (exact) mass is 386 g/mol. The van der Waals surface area contributed by atoms with E-state index in [1.54, 1.807) is 0 Å². The van der Waals surface area contributed by atoms with Crippen molar-refractivity contribution in [2.24, 2.45) is 0 Å². The van der Waals surface area contributed by atoms with E-state index in [9.17, 15) is 18.4 Å². The zero-order chi connectivity index (χ0) is 18.8. The third-order valence-corrected chi connectivity index (χ3v) is 4.99. The zero-order valence-corrected chi connectivity index (χ0v) is 15.2. The fourth-order valence-electron chi connectivity index (χ4n) is 2.80. The van der Waals surface area contributed by atoms with Crippen molar-refractivity contribution in [1.82, 2.24) is 15.1 Å². The van der Waals surface area contributed by atoms with Crippen LogP contribution in [0.1, 0.15) is 18.4 Å². The van der Waals surface area contributed by atoms with Crippen LogP contribution in [0.15, 0.2) is 6.07 Å². The molecule has 6 nitrogen and oxygen atoms in total. The van der Waals surface area contributed by atoms with Crippen LogP contribution in [0.25, 0.3) is 0 Å². The van der Waals surface area contributed by atoms with Gasteiger partial charge in [-0.15, -0.1) is 0 Å². The average Bonchev–Trinajstić information content (AvgIpc) is 3.41. The zero-order valence-electron chi connectivity index (χ0n) is 14.4. The predicted molar refractivity (Wildman–Crippen MR) is 94.3 cm³/mol. The third-order valence-electron chi connectivity index (χ3n) is 4.60. The lowest BCUT2D eigenvalue weighted by Crippen LogP contribution is -2.52. The highest BCUT2D eigenvalue weighted by Crippen LogP contribution is 2.28. The summed E-state index contributed by atoms with van der Waals surface area (Å²) in [5, 5.41) is 5.18. The molecule has 1 saturated heterocycles. The molecule has 0 aromatic heterocycles. The van der Waals surface area contributed by atoms with Gasteiger partial charge >= 0.3 is 6.03 Å². The van der Waals surface area contributed by atoms with Gasteiger partial charge in [-0.3, -0.25) is 9.69 Å². The second kappa shape index (κ2) is 7.75. The predicted octanol–water partition coefficient (Wildman–Crippen LogP) is 2.35. The molecule has 26 heavy (non-hydrogen) atoms. The van der Waals surface area contributed by atoms with Gasteiger partial charge in [0.25, 0.3) is 0 Å². The molecule has 1 aromatic rings. The van der Waals surface area contributed by atoms with E-state index in [0.717, 1.165) is 18.9 Å².